The molecule has 0 spiro atoms. The van der Waals surface area contributed by atoms with Gasteiger partial charge in [0.25, 0.3) is 11.7 Å². The number of tetrazole rings is 1. The molecule has 1 rings (SSSR count). The second-order valence-corrected chi connectivity index (χ2v) is 3.78. The SMILES string of the molecule is CCC(CC)(CO)CNC(=O)c1nn[nH]n1. The van der Waals surface area contributed by atoms with Crippen molar-refractivity contribution in [2.24, 2.45) is 5.41 Å². The average Bonchev–Trinajstić information content (AvgIpc) is 2.85. The lowest BCUT2D eigenvalue weighted by Crippen LogP contribution is -2.39. The number of aromatic nitrogens is 4. The molecule has 1 aromatic heterocycles. The fraction of sp³-hybridized carbons (Fsp3) is 0.778. The van der Waals surface area contributed by atoms with E-state index in [9.17, 15) is 9.90 Å². The van der Waals surface area contributed by atoms with E-state index in [0.29, 0.717) is 6.54 Å². The standard InChI is InChI=1S/C9H17N5O2/c1-3-9(4-2,6-15)5-10-8(16)7-11-13-14-12-7/h15H,3-6H2,1-2H3,(H,10,16)(H,11,12,13,14). The second kappa shape index (κ2) is 5.55. The van der Waals surface area contributed by atoms with E-state index in [-0.39, 0.29) is 23.8 Å². The van der Waals surface area contributed by atoms with Crippen LogP contribution < -0.4 is 5.32 Å². The van der Waals surface area contributed by atoms with Gasteiger partial charge >= 0.3 is 0 Å². The van der Waals surface area contributed by atoms with Crippen molar-refractivity contribution in [2.45, 2.75) is 26.7 Å². The Hall–Kier alpha value is -1.50. The Morgan fingerprint density at radius 3 is 2.62 bits per heavy atom. The Bertz CT molecular complexity index is 312. The lowest BCUT2D eigenvalue weighted by Gasteiger charge is -2.29. The summed E-state index contributed by atoms with van der Waals surface area (Å²) in [7, 11) is 0. The number of hydrogen-bond acceptors (Lipinski definition) is 5. The average molecular weight is 227 g/mol. The highest BCUT2D eigenvalue weighted by atomic mass is 16.3. The number of nitrogens with zero attached hydrogens (tertiary/aromatic N) is 3. The molecule has 0 saturated carbocycles. The molecule has 0 aromatic carbocycles. The van der Waals surface area contributed by atoms with E-state index in [1.807, 2.05) is 13.8 Å². The first kappa shape index (κ1) is 12.6. The van der Waals surface area contributed by atoms with Gasteiger partial charge in [0.05, 0.1) is 6.61 Å². The number of H-pyrrole nitrogens is 1. The Morgan fingerprint density at radius 1 is 1.50 bits per heavy atom. The van der Waals surface area contributed by atoms with Gasteiger partial charge in [-0.2, -0.15) is 5.21 Å². The number of carbonyl (C=O) groups is 1. The van der Waals surface area contributed by atoms with Crippen LogP contribution >= 0.6 is 0 Å². The van der Waals surface area contributed by atoms with Gasteiger partial charge in [0.1, 0.15) is 0 Å². The monoisotopic (exact) mass is 227 g/mol. The second-order valence-electron chi connectivity index (χ2n) is 3.78. The fourth-order valence-corrected chi connectivity index (χ4v) is 1.38. The molecule has 7 nitrogen and oxygen atoms in total. The molecule has 1 heterocycles. The minimum atomic E-state index is -0.381. The molecule has 0 radical (unpaired) electrons. The van der Waals surface area contributed by atoms with Crippen LogP contribution in [0.4, 0.5) is 0 Å². The summed E-state index contributed by atoms with van der Waals surface area (Å²) in [4.78, 5) is 11.5. The van der Waals surface area contributed by atoms with E-state index in [1.54, 1.807) is 0 Å². The summed E-state index contributed by atoms with van der Waals surface area (Å²) in [6.45, 7) is 4.43. The van der Waals surface area contributed by atoms with Crippen LogP contribution in [0.5, 0.6) is 0 Å². The van der Waals surface area contributed by atoms with Crippen molar-refractivity contribution in [1.29, 1.82) is 0 Å². The maximum Gasteiger partial charge on any atom is 0.292 e. The summed E-state index contributed by atoms with van der Waals surface area (Å²) >= 11 is 0. The van der Waals surface area contributed by atoms with Crippen molar-refractivity contribution in [2.75, 3.05) is 13.2 Å². The number of amides is 1. The Kier molecular flexibility index (Phi) is 4.36. The first-order valence-electron chi connectivity index (χ1n) is 5.30. The first-order valence-corrected chi connectivity index (χ1v) is 5.30. The van der Waals surface area contributed by atoms with Crippen molar-refractivity contribution in [3.8, 4) is 0 Å². The highest BCUT2D eigenvalue weighted by Gasteiger charge is 2.26. The number of aromatic amines is 1. The molecule has 0 aliphatic carbocycles. The largest absolute Gasteiger partial charge is 0.396 e. The molecule has 1 aromatic rings. The summed E-state index contributed by atoms with van der Waals surface area (Å²) in [6, 6.07) is 0. The number of hydrogen-bond donors (Lipinski definition) is 3. The number of carbonyl (C=O) groups excluding carboxylic acids is 1. The van der Waals surface area contributed by atoms with Crippen molar-refractivity contribution >= 4 is 5.91 Å². The molecule has 90 valence electrons. The Balaban J connectivity index is 2.53. The third kappa shape index (κ3) is 2.75. The summed E-state index contributed by atoms with van der Waals surface area (Å²) in [6.07, 6.45) is 1.60. The van der Waals surface area contributed by atoms with Crippen molar-refractivity contribution in [3.63, 3.8) is 0 Å². The molecule has 3 N–H and O–H groups in total. The van der Waals surface area contributed by atoms with E-state index in [0.717, 1.165) is 12.8 Å². The Labute approximate surface area is 93.6 Å². The molecule has 0 bridgehead atoms. The van der Waals surface area contributed by atoms with E-state index in [1.165, 1.54) is 0 Å². The number of nitrogens with one attached hydrogen (secondary N) is 2. The molecule has 0 fully saturated rings. The quantitative estimate of drug-likeness (QED) is 0.620. The van der Waals surface area contributed by atoms with Gasteiger partial charge in [-0.3, -0.25) is 4.79 Å². The first-order chi connectivity index (χ1) is 7.67. The van der Waals surface area contributed by atoms with Gasteiger partial charge in [-0.15, -0.1) is 10.2 Å². The van der Waals surface area contributed by atoms with Crippen LogP contribution in [-0.2, 0) is 0 Å². The van der Waals surface area contributed by atoms with Crippen LogP contribution in [0.25, 0.3) is 0 Å². The molecule has 0 aliphatic rings. The maximum atomic E-state index is 11.5. The minimum Gasteiger partial charge on any atom is -0.396 e. The molecular formula is C9H17N5O2. The van der Waals surface area contributed by atoms with Gasteiger partial charge in [-0.05, 0) is 18.1 Å². The number of aliphatic hydroxyl groups excluding tert-OH is 1. The van der Waals surface area contributed by atoms with E-state index in [2.05, 4.69) is 25.9 Å². The van der Waals surface area contributed by atoms with Gasteiger partial charge in [-0.1, -0.05) is 13.8 Å². The van der Waals surface area contributed by atoms with Crippen molar-refractivity contribution < 1.29 is 9.90 Å². The zero-order valence-electron chi connectivity index (χ0n) is 9.53. The topological polar surface area (TPSA) is 104 Å². The molecule has 7 heteroatoms. The van der Waals surface area contributed by atoms with Crippen LogP contribution in [0.1, 0.15) is 37.3 Å². The Morgan fingerprint density at radius 2 is 2.19 bits per heavy atom. The highest BCUT2D eigenvalue weighted by molar-refractivity contribution is 5.90. The molecule has 0 atom stereocenters. The predicted octanol–water partition coefficient (Wildman–Crippen LogP) is -0.272. The number of aliphatic hydroxyl groups is 1. The third-order valence-electron chi connectivity index (χ3n) is 3.01. The van der Waals surface area contributed by atoms with E-state index in [4.69, 9.17) is 0 Å². The summed E-state index contributed by atoms with van der Waals surface area (Å²) in [5, 5.41) is 24.7. The van der Waals surface area contributed by atoms with E-state index >= 15 is 0 Å². The van der Waals surface area contributed by atoms with Crippen molar-refractivity contribution in [1.82, 2.24) is 25.9 Å². The van der Waals surface area contributed by atoms with Crippen LogP contribution in [0.15, 0.2) is 0 Å². The smallest absolute Gasteiger partial charge is 0.292 e. The van der Waals surface area contributed by atoms with Gasteiger partial charge < -0.3 is 10.4 Å². The predicted molar refractivity (Wildman–Crippen MR) is 56.6 cm³/mol. The normalized spacial score (nSPS) is 11.4. The summed E-state index contributed by atoms with van der Waals surface area (Å²) < 4.78 is 0. The minimum absolute atomic E-state index is 0.0130. The summed E-state index contributed by atoms with van der Waals surface area (Å²) in [5.74, 6) is -0.368. The van der Waals surface area contributed by atoms with E-state index < -0.39 is 0 Å². The third-order valence-corrected chi connectivity index (χ3v) is 3.01. The molecule has 1 amide bonds. The van der Waals surface area contributed by atoms with Gasteiger partial charge in [0, 0.05) is 12.0 Å². The van der Waals surface area contributed by atoms with Gasteiger partial charge in [0.2, 0.25) is 0 Å². The molecule has 16 heavy (non-hydrogen) atoms. The van der Waals surface area contributed by atoms with Crippen molar-refractivity contribution in [3.05, 3.63) is 5.82 Å². The molecule has 0 saturated heterocycles. The van der Waals surface area contributed by atoms with Gasteiger partial charge in [0.15, 0.2) is 0 Å². The van der Waals surface area contributed by atoms with Gasteiger partial charge in [-0.25, -0.2) is 0 Å². The number of rotatable bonds is 6. The zero-order chi connectivity index (χ0) is 12.0. The zero-order valence-corrected chi connectivity index (χ0v) is 9.53. The lowest BCUT2D eigenvalue weighted by molar-refractivity contribution is 0.0842. The van der Waals surface area contributed by atoms with Crippen LogP contribution in [-0.4, -0.2) is 44.8 Å². The molecule has 0 unspecified atom stereocenters. The molecular weight excluding hydrogens is 210 g/mol. The molecule has 0 aliphatic heterocycles. The van der Waals surface area contributed by atoms with Crippen LogP contribution in [0.2, 0.25) is 0 Å². The summed E-state index contributed by atoms with van der Waals surface area (Å²) in [5.41, 5.74) is -0.264. The van der Waals surface area contributed by atoms with Crippen LogP contribution in [0, 0.1) is 5.41 Å². The maximum absolute atomic E-state index is 11.5. The lowest BCUT2D eigenvalue weighted by atomic mass is 9.83. The fourth-order valence-electron chi connectivity index (χ4n) is 1.38. The highest BCUT2D eigenvalue weighted by Crippen LogP contribution is 2.24. The van der Waals surface area contributed by atoms with Crippen LogP contribution in [0.3, 0.4) is 0 Å².